The van der Waals surface area contributed by atoms with Gasteiger partial charge in [0.1, 0.15) is 5.82 Å². The topological polar surface area (TPSA) is 28.2 Å². The third-order valence-electron chi connectivity index (χ3n) is 5.33. The highest BCUT2D eigenvalue weighted by Crippen LogP contribution is 2.39. The van der Waals surface area contributed by atoms with Crippen molar-refractivity contribution in [3.05, 3.63) is 22.3 Å². The summed E-state index contributed by atoms with van der Waals surface area (Å²) in [5.41, 5.74) is 1.36. The second-order valence-corrected chi connectivity index (χ2v) is 7.80. The Labute approximate surface area is 135 Å². The predicted octanol–water partition coefficient (Wildman–Crippen LogP) is 3.87. The van der Waals surface area contributed by atoms with Gasteiger partial charge in [-0.05, 0) is 66.4 Å². The van der Waals surface area contributed by atoms with Crippen LogP contribution in [0.25, 0.3) is 0 Å². The summed E-state index contributed by atoms with van der Waals surface area (Å²) in [7, 11) is 0. The highest BCUT2D eigenvalue weighted by molar-refractivity contribution is 9.10. The number of hydrogen-bond donors (Lipinski definition) is 1. The van der Waals surface area contributed by atoms with Crippen LogP contribution in [0.1, 0.15) is 50.5 Å². The van der Waals surface area contributed by atoms with Crippen LogP contribution in [-0.2, 0) is 6.54 Å². The smallest absolute Gasteiger partial charge is 0.133 e. The van der Waals surface area contributed by atoms with Crippen molar-refractivity contribution >= 4 is 21.7 Å². The van der Waals surface area contributed by atoms with Crippen LogP contribution >= 0.6 is 15.9 Å². The molecule has 1 aliphatic heterocycles. The molecule has 0 spiro atoms. The predicted molar refractivity (Wildman–Crippen MR) is 89.5 cm³/mol. The third kappa shape index (κ3) is 2.98. The normalized spacial score (nSPS) is 28.7. The minimum absolute atomic E-state index is 0.743. The molecule has 1 aromatic rings. The summed E-state index contributed by atoms with van der Waals surface area (Å²) in [6.07, 6.45) is 11.6. The molecule has 0 bridgehead atoms. The number of fused-ring (bicyclic) bond motifs is 1. The summed E-state index contributed by atoms with van der Waals surface area (Å²) in [4.78, 5) is 7.42. The van der Waals surface area contributed by atoms with Crippen LogP contribution in [0.3, 0.4) is 0 Å². The molecule has 1 aromatic heterocycles. The highest BCUT2D eigenvalue weighted by Gasteiger charge is 2.36. The molecule has 1 N–H and O–H groups in total. The maximum Gasteiger partial charge on any atom is 0.133 e. The van der Waals surface area contributed by atoms with Crippen molar-refractivity contribution in [2.24, 2.45) is 5.92 Å². The summed E-state index contributed by atoms with van der Waals surface area (Å²) in [6, 6.07) is 3.75. The fourth-order valence-electron chi connectivity index (χ4n) is 4.12. The van der Waals surface area contributed by atoms with Crippen molar-refractivity contribution in [2.45, 2.75) is 63.6 Å². The molecule has 0 aromatic carbocycles. The Morgan fingerprint density at radius 3 is 2.90 bits per heavy atom. The van der Waals surface area contributed by atoms with Gasteiger partial charge < -0.3 is 10.2 Å². The van der Waals surface area contributed by atoms with Crippen LogP contribution in [0.5, 0.6) is 0 Å². The van der Waals surface area contributed by atoms with Crippen molar-refractivity contribution < 1.29 is 0 Å². The average molecular weight is 350 g/mol. The minimum atomic E-state index is 0.743. The van der Waals surface area contributed by atoms with E-state index in [1.165, 1.54) is 62.9 Å². The zero-order valence-corrected chi connectivity index (χ0v) is 14.1. The van der Waals surface area contributed by atoms with Gasteiger partial charge in [0, 0.05) is 41.4 Å². The number of nitrogens with zero attached hydrogens (tertiary/aromatic N) is 2. The summed E-state index contributed by atoms with van der Waals surface area (Å²) < 4.78 is 1.10. The van der Waals surface area contributed by atoms with Crippen molar-refractivity contribution in [3.8, 4) is 0 Å². The molecule has 4 rings (SSSR count). The van der Waals surface area contributed by atoms with Gasteiger partial charge in [-0.2, -0.15) is 0 Å². The molecule has 2 heterocycles. The van der Waals surface area contributed by atoms with Gasteiger partial charge in [-0.3, -0.25) is 0 Å². The monoisotopic (exact) mass is 349 g/mol. The van der Waals surface area contributed by atoms with Crippen LogP contribution in [-0.4, -0.2) is 23.6 Å². The van der Waals surface area contributed by atoms with Gasteiger partial charge in [0.05, 0.1) is 0 Å². The molecule has 114 valence electrons. The van der Waals surface area contributed by atoms with Gasteiger partial charge in [-0.15, -0.1) is 0 Å². The van der Waals surface area contributed by atoms with E-state index in [9.17, 15) is 0 Å². The second kappa shape index (κ2) is 5.88. The van der Waals surface area contributed by atoms with Crippen molar-refractivity contribution in [3.63, 3.8) is 0 Å². The standard InChI is InChI=1S/C17H24BrN3/c18-14-9-13(10-19-15-6-7-15)17(20-11-14)21-8-2-4-12-3-1-5-16(12)21/h9,11-12,15-16,19H,1-8,10H2. The lowest BCUT2D eigenvalue weighted by atomic mass is 9.91. The lowest BCUT2D eigenvalue weighted by Crippen LogP contribution is -2.43. The summed E-state index contributed by atoms with van der Waals surface area (Å²) in [5.74, 6) is 2.15. The lowest BCUT2D eigenvalue weighted by molar-refractivity contribution is 0.360. The zero-order chi connectivity index (χ0) is 14.2. The molecule has 0 radical (unpaired) electrons. The molecule has 1 saturated heterocycles. The summed E-state index contributed by atoms with van der Waals surface area (Å²) in [5, 5.41) is 3.65. The van der Waals surface area contributed by atoms with Crippen LogP contribution < -0.4 is 10.2 Å². The van der Waals surface area contributed by atoms with E-state index in [0.717, 1.165) is 29.0 Å². The van der Waals surface area contributed by atoms with Gasteiger partial charge in [0.2, 0.25) is 0 Å². The number of piperidine rings is 1. The maximum absolute atomic E-state index is 4.80. The van der Waals surface area contributed by atoms with Gasteiger partial charge in [0.25, 0.3) is 0 Å². The fraction of sp³-hybridized carbons (Fsp3) is 0.706. The van der Waals surface area contributed by atoms with Crippen molar-refractivity contribution in [1.82, 2.24) is 10.3 Å². The quantitative estimate of drug-likeness (QED) is 0.894. The summed E-state index contributed by atoms with van der Waals surface area (Å²) >= 11 is 3.59. The zero-order valence-electron chi connectivity index (χ0n) is 12.5. The molecule has 2 saturated carbocycles. The molecule has 2 atom stereocenters. The molecule has 3 nitrogen and oxygen atoms in total. The molecule has 4 heteroatoms. The van der Waals surface area contributed by atoms with Gasteiger partial charge in [-0.1, -0.05) is 6.42 Å². The largest absolute Gasteiger partial charge is 0.353 e. The molecule has 21 heavy (non-hydrogen) atoms. The van der Waals surface area contributed by atoms with Crippen LogP contribution in [0.15, 0.2) is 16.7 Å². The first kappa shape index (κ1) is 14.0. The number of anilines is 1. The molecule has 0 amide bonds. The molecule has 2 unspecified atom stereocenters. The molecular weight excluding hydrogens is 326 g/mol. The fourth-order valence-corrected chi connectivity index (χ4v) is 4.50. The molecule has 2 aliphatic carbocycles. The number of halogens is 1. The van der Waals surface area contributed by atoms with Crippen LogP contribution in [0.2, 0.25) is 0 Å². The SMILES string of the molecule is Brc1cnc(N2CCCC3CCCC32)c(CNC2CC2)c1. The number of aromatic nitrogens is 1. The molecule has 3 aliphatic rings. The Balaban J connectivity index is 1.59. The Hall–Kier alpha value is -0.610. The Bertz CT molecular complexity index is 515. The maximum atomic E-state index is 4.80. The number of rotatable bonds is 4. The van der Waals surface area contributed by atoms with Gasteiger partial charge >= 0.3 is 0 Å². The van der Waals surface area contributed by atoms with Crippen LogP contribution in [0, 0.1) is 5.92 Å². The third-order valence-corrected chi connectivity index (χ3v) is 5.77. The number of pyridine rings is 1. The first-order valence-corrected chi connectivity index (χ1v) is 9.25. The van der Waals surface area contributed by atoms with Crippen molar-refractivity contribution in [2.75, 3.05) is 11.4 Å². The molecule has 3 fully saturated rings. The first-order valence-electron chi connectivity index (χ1n) is 8.46. The van der Waals surface area contributed by atoms with E-state index in [4.69, 9.17) is 4.98 Å². The van der Waals surface area contributed by atoms with E-state index in [0.29, 0.717) is 0 Å². The van der Waals surface area contributed by atoms with E-state index in [-0.39, 0.29) is 0 Å². The van der Waals surface area contributed by atoms with E-state index in [1.807, 2.05) is 6.20 Å². The van der Waals surface area contributed by atoms with E-state index in [1.54, 1.807) is 0 Å². The number of nitrogens with one attached hydrogen (secondary N) is 1. The lowest BCUT2D eigenvalue weighted by Gasteiger charge is -2.39. The van der Waals surface area contributed by atoms with E-state index in [2.05, 4.69) is 32.2 Å². The first-order chi connectivity index (χ1) is 10.3. The Morgan fingerprint density at radius 1 is 1.19 bits per heavy atom. The number of hydrogen-bond acceptors (Lipinski definition) is 3. The van der Waals surface area contributed by atoms with E-state index < -0.39 is 0 Å². The van der Waals surface area contributed by atoms with Gasteiger partial charge in [-0.25, -0.2) is 4.98 Å². The molecular formula is C17H24BrN3. The van der Waals surface area contributed by atoms with Crippen molar-refractivity contribution in [1.29, 1.82) is 0 Å². The van der Waals surface area contributed by atoms with E-state index >= 15 is 0 Å². The van der Waals surface area contributed by atoms with Gasteiger partial charge in [0.15, 0.2) is 0 Å². The highest BCUT2D eigenvalue weighted by atomic mass is 79.9. The summed E-state index contributed by atoms with van der Waals surface area (Å²) in [6.45, 7) is 2.15. The Kier molecular flexibility index (Phi) is 3.92. The second-order valence-electron chi connectivity index (χ2n) is 6.89. The van der Waals surface area contributed by atoms with Crippen LogP contribution in [0.4, 0.5) is 5.82 Å². The minimum Gasteiger partial charge on any atom is -0.353 e. The average Bonchev–Trinajstić information content (AvgIpc) is 3.20. The Morgan fingerprint density at radius 2 is 2.05 bits per heavy atom.